The number of Topliss-reactive ketones (excluding diaryl/α,β-unsaturated/α-hetero) is 1. The van der Waals surface area contributed by atoms with Gasteiger partial charge in [-0.25, -0.2) is 0 Å². The van der Waals surface area contributed by atoms with E-state index in [1.165, 1.54) is 4.90 Å². The average Bonchev–Trinajstić information content (AvgIpc) is 2.94. The molecule has 0 fully saturated rings. The Bertz CT molecular complexity index is 1270. The summed E-state index contributed by atoms with van der Waals surface area (Å²) in [5.41, 5.74) is 3.42. The van der Waals surface area contributed by atoms with Crippen molar-refractivity contribution < 1.29 is 24.2 Å². The summed E-state index contributed by atoms with van der Waals surface area (Å²) in [5, 5.41) is 9.75. The summed E-state index contributed by atoms with van der Waals surface area (Å²) in [6.07, 6.45) is 2.50. The van der Waals surface area contributed by atoms with E-state index < -0.39 is 11.9 Å². The van der Waals surface area contributed by atoms with E-state index in [9.17, 15) is 19.5 Å². The maximum atomic E-state index is 13.0. The lowest BCUT2D eigenvalue weighted by Gasteiger charge is -2.20. The fraction of sp³-hybridized carbons (Fsp3) is 0.290. The van der Waals surface area contributed by atoms with E-state index in [0.29, 0.717) is 23.4 Å². The van der Waals surface area contributed by atoms with Crippen molar-refractivity contribution in [1.82, 2.24) is 4.90 Å². The number of ether oxygens (including phenoxy) is 1. The third-order valence-corrected chi connectivity index (χ3v) is 6.19. The number of aliphatic imine (C=N–C) groups is 1. The maximum Gasteiger partial charge on any atom is 0.307 e. The quantitative estimate of drug-likeness (QED) is 0.213. The Morgan fingerprint density at radius 1 is 0.947 bits per heavy atom. The second-order valence-corrected chi connectivity index (χ2v) is 8.95. The predicted molar refractivity (Wildman–Crippen MR) is 150 cm³/mol. The van der Waals surface area contributed by atoms with Crippen LogP contribution < -0.4 is 4.74 Å². The van der Waals surface area contributed by atoms with Gasteiger partial charge in [0.15, 0.2) is 5.78 Å². The van der Waals surface area contributed by atoms with Crippen molar-refractivity contribution in [3.63, 3.8) is 0 Å². The Balaban J connectivity index is 1.61. The van der Waals surface area contributed by atoms with Crippen LogP contribution in [0, 0.1) is 5.92 Å². The van der Waals surface area contributed by atoms with E-state index in [-0.39, 0.29) is 31.1 Å². The Morgan fingerprint density at radius 3 is 2.18 bits per heavy atom. The number of amides is 1. The average molecular weight is 515 g/mol. The van der Waals surface area contributed by atoms with Gasteiger partial charge in [0.1, 0.15) is 5.75 Å². The first-order chi connectivity index (χ1) is 18.3. The lowest BCUT2D eigenvalue weighted by Crippen LogP contribution is -2.31. The molecule has 0 bridgehead atoms. The molecule has 1 atom stereocenters. The molecule has 198 valence electrons. The molecule has 0 saturated heterocycles. The third kappa shape index (κ3) is 7.62. The van der Waals surface area contributed by atoms with Crippen LogP contribution in [-0.2, 0) is 4.79 Å². The van der Waals surface area contributed by atoms with Crippen LogP contribution in [0.5, 0.6) is 5.75 Å². The van der Waals surface area contributed by atoms with Gasteiger partial charge >= 0.3 is 5.97 Å². The molecule has 3 rings (SSSR count). The zero-order valence-electron chi connectivity index (χ0n) is 22.1. The number of carbonyl (C=O) groups is 3. The van der Waals surface area contributed by atoms with Gasteiger partial charge in [-0.1, -0.05) is 55.5 Å². The molecule has 3 aromatic rings. The molecular formula is C31H34N2O5. The smallest absolute Gasteiger partial charge is 0.307 e. The van der Waals surface area contributed by atoms with Gasteiger partial charge in [0.25, 0.3) is 5.91 Å². The second kappa shape index (κ2) is 13.9. The molecule has 0 heterocycles. The van der Waals surface area contributed by atoms with Crippen molar-refractivity contribution in [1.29, 1.82) is 0 Å². The molecule has 0 aromatic heterocycles. The highest BCUT2D eigenvalue weighted by Gasteiger charge is 2.24. The first-order valence-corrected chi connectivity index (χ1v) is 12.8. The van der Waals surface area contributed by atoms with Crippen LogP contribution in [-0.4, -0.2) is 54.1 Å². The zero-order chi connectivity index (χ0) is 27.5. The second-order valence-electron chi connectivity index (χ2n) is 8.95. The van der Waals surface area contributed by atoms with Crippen LogP contribution in [0.15, 0.2) is 77.8 Å². The van der Waals surface area contributed by atoms with E-state index in [2.05, 4.69) is 4.99 Å². The van der Waals surface area contributed by atoms with Crippen molar-refractivity contribution in [2.75, 3.05) is 20.2 Å². The molecule has 3 aromatic carbocycles. The first-order valence-electron chi connectivity index (χ1n) is 12.8. The lowest BCUT2D eigenvalue weighted by atomic mass is 9.94. The van der Waals surface area contributed by atoms with Crippen molar-refractivity contribution >= 4 is 29.6 Å². The van der Waals surface area contributed by atoms with Gasteiger partial charge < -0.3 is 14.7 Å². The number of ketones is 1. The third-order valence-electron chi connectivity index (χ3n) is 6.19. The van der Waals surface area contributed by atoms with Gasteiger partial charge in [-0.2, -0.15) is 0 Å². The number of nitrogens with zero attached hydrogens (tertiary/aromatic N) is 2. The summed E-state index contributed by atoms with van der Waals surface area (Å²) in [7, 11) is 1.63. The number of rotatable bonds is 13. The van der Waals surface area contributed by atoms with Crippen molar-refractivity contribution in [3.8, 4) is 16.9 Å². The number of hydrogen-bond donors (Lipinski definition) is 1. The molecule has 0 radical (unpaired) electrons. The largest absolute Gasteiger partial charge is 0.494 e. The van der Waals surface area contributed by atoms with E-state index in [4.69, 9.17) is 4.74 Å². The lowest BCUT2D eigenvalue weighted by molar-refractivity contribution is -0.142. The molecule has 7 nitrogen and oxygen atoms in total. The maximum absolute atomic E-state index is 13.0. The fourth-order valence-corrected chi connectivity index (χ4v) is 4.03. The molecule has 0 aliphatic heterocycles. The molecule has 38 heavy (non-hydrogen) atoms. The highest BCUT2D eigenvalue weighted by molar-refractivity contribution is 6.00. The molecule has 1 unspecified atom stereocenters. The molecule has 0 spiro atoms. The van der Waals surface area contributed by atoms with E-state index in [1.54, 1.807) is 43.6 Å². The minimum Gasteiger partial charge on any atom is -0.494 e. The van der Waals surface area contributed by atoms with Gasteiger partial charge in [-0.05, 0) is 55.2 Å². The Hall–Kier alpha value is -4.26. The molecule has 0 aliphatic rings. The van der Waals surface area contributed by atoms with E-state index in [1.807, 2.05) is 56.3 Å². The van der Waals surface area contributed by atoms with Crippen molar-refractivity contribution in [3.05, 3.63) is 83.9 Å². The van der Waals surface area contributed by atoms with Gasteiger partial charge in [-0.15, -0.1) is 0 Å². The van der Waals surface area contributed by atoms with Crippen LogP contribution in [0.4, 0.5) is 5.69 Å². The number of benzene rings is 3. The van der Waals surface area contributed by atoms with E-state index >= 15 is 0 Å². The van der Waals surface area contributed by atoms with Crippen molar-refractivity contribution in [2.45, 2.75) is 33.1 Å². The van der Waals surface area contributed by atoms with Gasteiger partial charge in [0.05, 0.1) is 23.8 Å². The summed E-state index contributed by atoms with van der Waals surface area (Å²) in [5.74, 6) is -1.66. The minimum atomic E-state index is -1.06. The fourth-order valence-electron chi connectivity index (χ4n) is 4.03. The van der Waals surface area contributed by atoms with E-state index in [0.717, 1.165) is 23.3 Å². The normalized spacial score (nSPS) is 11.8. The number of carbonyl (C=O) groups excluding carboxylic acids is 2. The van der Waals surface area contributed by atoms with Crippen molar-refractivity contribution in [2.24, 2.45) is 10.9 Å². The summed E-state index contributed by atoms with van der Waals surface area (Å²) >= 11 is 0. The molecule has 0 aliphatic carbocycles. The van der Waals surface area contributed by atoms with Crippen LogP contribution >= 0.6 is 0 Å². The van der Waals surface area contributed by atoms with Gasteiger partial charge in [0, 0.05) is 31.8 Å². The summed E-state index contributed by atoms with van der Waals surface area (Å²) in [6.45, 7) is 4.69. The standard InChI is InChI=1S/C31H34N2O5/c1-4-19-32-28-9-7-6-8-27(28)30(35)33(3)20-18-25(31(36)37)21-29(34)24-12-10-22(11-13-24)23-14-16-26(17-15-23)38-5-2/h6-17,19,25H,4-5,18,20-21H2,1-3H3,(H,36,37). The molecule has 0 saturated carbocycles. The number of hydrogen-bond acceptors (Lipinski definition) is 5. The summed E-state index contributed by atoms with van der Waals surface area (Å²) < 4.78 is 5.47. The van der Waals surface area contributed by atoms with Gasteiger partial charge in [-0.3, -0.25) is 19.4 Å². The Labute approximate surface area is 223 Å². The zero-order valence-corrected chi connectivity index (χ0v) is 22.1. The highest BCUT2D eigenvalue weighted by atomic mass is 16.5. The molecule has 1 amide bonds. The predicted octanol–water partition coefficient (Wildman–Crippen LogP) is 6.30. The van der Waals surface area contributed by atoms with Crippen LogP contribution in [0.2, 0.25) is 0 Å². The van der Waals surface area contributed by atoms with Gasteiger partial charge in [0.2, 0.25) is 0 Å². The number of carboxylic acids is 1. The molecule has 7 heteroatoms. The van der Waals surface area contributed by atoms with Crippen LogP contribution in [0.25, 0.3) is 11.1 Å². The summed E-state index contributed by atoms with van der Waals surface area (Å²) in [6, 6.07) is 21.9. The monoisotopic (exact) mass is 514 g/mol. The SMILES string of the molecule is CCC=Nc1ccccc1C(=O)N(C)CCC(CC(=O)c1ccc(-c2ccc(OCC)cc2)cc1)C(=O)O. The number of aliphatic carboxylic acids is 1. The number of para-hydroxylation sites is 1. The Morgan fingerprint density at radius 2 is 1.58 bits per heavy atom. The first kappa shape index (κ1) is 28.3. The topological polar surface area (TPSA) is 96.3 Å². The van der Waals surface area contributed by atoms with Crippen LogP contribution in [0.1, 0.15) is 53.8 Å². The summed E-state index contributed by atoms with van der Waals surface area (Å²) in [4.78, 5) is 43.6. The molecular weight excluding hydrogens is 480 g/mol. The number of carboxylic acid groups (broad SMARTS) is 1. The van der Waals surface area contributed by atoms with Crippen LogP contribution in [0.3, 0.4) is 0 Å². The Kier molecular flexibility index (Phi) is 10.3. The highest BCUT2D eigenvalue weighted by Crippen LogP contribution is 2.24. The minimum absolute atomic E-state index is 0.142. The molecule has 1 N–H and O–H groups in total.